The van der Waals surface area contributed by atoms with E-state index in [2.05, 4.69) is 11.5 Å². The van der Waals surface area contributed by atoms with Gasteiger partial charge in [0.1, 0.15) is 0 Å². The summed E-state index contributed by atoms with van der Waals surface area (Å²) in [7, 11) is 1.43. The Balaban J connectivity index is 2.22. The summed E-state index contributed by atoms with van der Waals surface area (Å²) < 4.78 is 20.6. The van der Waals surface area contributed by atoms with Gasteiger partial charge in [-0.05, 0) is 46.2 Å². The number of hydrogen-bond donors (Lipinski definition) is 0. The first-order valence-electron chi connectivity index (χ1n) is 9.66. The van der Waals surface area contributed by atoms with E-state index in [0.29, 0.717) is 31.9 Å². The average Bonchev–Trinajstić information content (AvgIpc) is 2.66. The van der Waals surface area contributed by atoms with Gasteiger partial charge in [0, 0.05) is 13.0 Å². The van der Waals surface area contributed by atoms with Gasteiger partial charge in [-0.1, -0.05) is 13.5 Å². The number of hydrogen-bond acceptors (Lipinski definition) is 7. The Kier molecular flexibility index (Phi) is 10.4. The summed E-state index contributed by atoms with van der Waals surface area (Å²) in [5.41, 5.74) is -0.504. The number of likely N-dealkylation sites (tertiary alicyclic amines) is 1. The Morgan fingerprint density at radius 3 is 2.41 bits per heavy atom. The number of ether oxygens (including phenoxy) is 4. The number of piperidine rings is 1. The second kappa shape index (κ2) is 12.0. The average molecular weight is 386 g/mol. The normalized spacial score (nSPS) is 17.8. The van der Waals surface area contributed by atoms with Crippen molar-refractivity contribution in [2.24, 2.45) is 11.3 Å². The molecule has 0 radical (unpaired) electrons. The highest BCUT2D eigenvalue weighted by Gasteiger charge is 2.36. The lowest BCUT2D eigenvalue weighted by Crippen LogP contribution is -2.45. The molecule has 1 unspecified atom stereocenters. The maximum atomic E-state index is 12.2. The molecule has 0 spiro atoms. The lowest BCUT2D eigenvalue weighted by Gasteiger charge is -2.36. The molecule has 1 aliphatic heterocycles. The fraction of sp³-hybridized carbons (Fsp3) is 0.800. The van der Waals surface area contributed by atoms with Gasteiger partial charge in [-0.2, -0.15) is 0 Å². The van der Waals surface area contributed by atoms with Crippen LogP contribution >= 0.6 is 0 Å². The molecule has 1 atom stereocenters. The first kappa shape index (κ1) is 23.4. The number of nitrogens with zero attached hydrogens (tertiary/aromatic N) is 1. The lowest BCUT2D eigenvalue weighted by atomic mass is 9.85. The van der Waals surface area contributed by atoms with E-state index in [1.807, 2.05) is 13.8 Å². The van der Waals surface area contributed by atoms with E-state index in [0.717, 1.165) is 32.4 Å². The molecule has 0 bridgehead atoms. The van der Waals surface area contributed by atoms with Crippen molar-refractivity contribution in [3.63, 3.8) is 0 Å². The van der Waals surface area contributed by atoms with Gasteiger partial charge in [-0.15, -0.1) is 0 Å². The van der Waals surface area contributed by atoms with Crippen LogP contribution in [0.15, 0.2) is 12.3 Å². The second-order valence-corrected chi connectivity index (χ2v) is 7.35. The molecule has 0 aliphatic carbocycles. The number of allylic oxidation sites excluding steroid dienone is 1. The Morgan fingerprint density at radius 2 is 1.85 bits per heavy atom. The number of rotatable bonds is 12. The van der Waals surface area contributed by atoms with Crippen molar-refractivity contribution in [1.29, 1.82) is 0 Å². The van der Waals surface area contributed by atoms with Crippen LogP contribution in [0.1, 0.15) is 46.5 Å². The van der Waals surface area contributed by atoms with Gasteiger partial charge in [0.25, 0.3) is 0 Å². The largest absolute Gasteiger partial charge is 0.473 e. The minimum absolute atomic E-state index is 0.0695. The van der Waals surface area contributed by atoms with Gasteiger partial charge in [0.05, 0.1) is 37.4 Å². The molecule has 156 valence electrons. The zero-order valence-corrected chi connectivity index (χ0v) is 17.3. The Labute approximate surface area is 163 Å². The molecule has 0 aromatic heterocycles. The molecule has 0 saturated carbocycles. The van der Waals surface area contributed by atoms with Crippen molar-refractivity contribution in [3.8, 4) is 0 Å². The molecule has 0 aromatic rings. The fourth-order valence-electron chi connectivity index (χ4n) is 3.04. The zero-order chi connectivity index (χ0) is 20.3. The number of esters is 2. The number of carbonyl (C=O) groups excluding carboxylic acids is 2. The standard InChI is InChI=1S/C20H35NO6/c1-6-20(4,19(23)24-5)14-21-10-8-17(9-11-21)18(22)26-13-7-12-25-15-27-16(2)3/h17H,2,6-15H2,1,3-5H3. The van der Waals surface area contributed by atoms with Crippen LogP contribution in [0.25, 0.3) is 0 Å². The van der Waals surface area contributed by atoms with E-state index in [-0.39, 0.29) is 24.6 Å². The van der Waals surface area contributed by atoms with E-state index in [1.54, 1.807) is 6.92 Å². The van der Waals surface area contributed by atoms with Crippen molar-refractivity contribution in [1.82, 2.24) is 4.90 Å². The molecule has 1 saturated heterocycles. The maximum absolute atomic E-state index is 12.2. The summed E-state index contributed by atoms with van der Waals surface area (Å²) in [4.78, 5) is 26.4. The lowest BCUT2D eigenvalue weighted by molar-refractivity contribution is -0.155. The van der Waals surface area contributed by atoms with Crippen molar-refractivity contribution >= 4 is 11.9 Å². The monoisotopic (exact) mass is 385 g/mol. The second-order valence-electron chi connectivity index (χ2n) is 7.35. The topological polar surface area (TPSA) is 74.3 Å². The van der Waals surface area contributed by atoms with Crippen LogP contribution in [0.5, 0.6) is 0 Å². The van der Waals surface area contributed by atoms with Crippen LogP contribution in [0.2, 0.25) is 0 Å². The van der Waals surface area contributed by atoms with Gasteiger partial charge in [0.2, 0.25) is 0 Å². The van der Waals surface area contributed by atoms with Crippen molar-refractivity contribution < 1.29 is 28.5 Å². The number of carbonyl (C=O) groups is 2. The molecule has 27 heavy (non-hydrogen) atoms. The molecule has 7 nitrogen and oxygen atoms in total. The van der Waals surface area contributed by atoms with Gasteiger partial charge in [-0.25, -0.2) is 0 Å². The van der Waals surface area contributed by atoms with E-state index in [4.69, 9.17) is 18.9 Å². The Hall–Kier alpha value is -1.60. The van der Waals surface area contributed by atoms with E-state index >= 15 is 0 Å². The SMILES string of the molecule is C=C(C)OCOCCCOC(=O)C1CCN(CC(C)(CC)C(=O)OC)CC1. The highest BCUT2D eigenvalue weighted by Crippen LogP contribution is 2.27. The van der Waals surface area contributed by atoms with Crippen LogP contribution in [0.3, 0.4) is 0 Å². The summed E-state index contributed by atoms with van der Waals surface area (Å²) in [6.07, 6.45) is 2.87. The smallest absolute Gasteiger partial charge is 0.312 e. The van der Waals surface area contributed by atoms with Gasteiger partial charge < -0.3 is 23.8 Å². The highest BCUT2D eigenvalue weighted by atomic mass is 16.7. The third-order valence-electron chi connectivity index (χ3n) is 5.02. The van der Waals surface area contributed by atoms with Gasteiger partial charge in [-0.3, -0.25) is 9.59 Å². The molecule has 7 heteroatoms. The molecule has 1 rings (SSSR count). The summed E-state index contributed by atoms with van der Waals surface area (Å²) in [5.74, 6) is 0.222. The van der Waals surface area contributed by atoms with E-state index < -0.39 is 5.41 Å². The summed E-state index contributed by atoms with van der Waals surface area (Å²) in [5, 5.41) is 0. The fourth-order valence-corrected chi connectivity index (χ4v) is 3.04. The molecular weight excluding hydrogens is 350 g/mol. The van der Waals surface area contributed by atoms with Crippen molar-refractivity contribution in [2.45, 2.75) is 46.5 Å². The van der Waals surface area contributed by atoms with Crippen LogP contribution < -0.4 is 0 Å². The Morgan fingerprint density at radius 1 is 1.19 bits per heavy atom. The molecule has 0 amide bonds. The van der Waals surface area contributed by atoms with E-state index in [1.165, 1.54) is 7.11 Å². The molecule has 1 heterocycles. The van der Waals surface area contributed by atoms with Crippen LogP contribution in [0.4, 0.5) is 0 Å². The number of methoxy groups -OCH3 is 1. The minimum atomic E-state index is -0.504. The maximum Gasteiger partial charge on any atom is 0.312 e. The van der Waals surface area contributed by atoms with Gasteiger partial charge in [0.15, 0.2) is 6.79 Å². The van der Waals surface area contributed by atoms with Crippen molar-refractivity contribution in [3.05, 3.63) is 12.3 Å². The third kappa shape index (κ3) is 8.30. The zero-order valence-electron chi connectivity index (χ0n) is 17.3. The molecule has 1 aliphatic rings. The quantitative estimate of drug-likeness (QED) is 0.221. The molecule has 1 fully saturated rings. The van der Waals surface area contributed by atoms with Crippen molar-refractivity contribution in [2.75, 3.05) is 46.8 Å². The predicted molar refractivity (Wildman–Crippen MR) is 102 cm³/mol. The first-order chi connectivity index (χ1) is 12.8. The van der Waals surface area contributed by atoms with Crippen LogP contribution in [-0.4, -0.2) is 63.6 Å². The molecular formula is C20H35NO6. The molecule has 0 N–H and O–H groups in total. The summed E-state index contributed by atoms with van der Waals surface area (Å²) in [6.45, 7) is 12.5. The van der Waals surface area contributed by atoms with Crippen LogP contribution in [0, 0.1) is 11.3 Å². The van der Waals surface area contributed by atoms with Gasteiger partial charge >= 0.3 is 11.9 Å². The Bertz CT molecular complexity index is 487. The first-order valence-corrected chi connectivity index (χ1v) is 9.66. The summed E-state index contributed by atoms with van der Waals surface area (Å²) in [6, 6.07) is 0. The third-order valence-corrected chi connectivity index (χ3v) is 5.02. The minimum Gasteiger partial charge on any atom is -0.473 e. The molecule has 0 aromatic carbocycles. The summed E-state index contributed by atoms with van der Waals surface area (Å²) >= 11 is 0. The predicted octanol–water partition coefficient (Wildman–Crippen LogP) is 2.75. The highest BCUT2D eigenvalue weighted by molar-refractivity contribution is 5.76. The van der Waals surface area contributed by atoms with Crippen LogP contribution in [-0.2, 0) is 28.5 Å². The van der Waals surface area contributed by atoms with E-state index in [9.17, 15) is 9.59 Å².